The predicted octanol–water partition coefficient (Wildman–Crippen LogP) is 2.78. The Morgan fingerprint density at radius 2 is 1.78 bits per heavy atom. The highest BCUT2D eigenvalue weighted by Gasteiger charge is 2.30. The van der Waals surface area contributed by atoms with Crippen LogP contribution in [0.15, 0.2) is 24.3 Å². The minimum Gasteiger partial charge on any atom is -0.342 e. The topological polar surface area (TPSA) is 46.2 Å². The molecule has 0 saturated carbocycles. The second kappa shape index (κ2) is 6.01. The quantitative estimate of drug-likeness (QED) is 0.657. The first-order valence-electron chi connectivity index (χ1n) is 6.24. The lowest BCUT2D eigenvalue weighted by Gasteiger charge is -2.24. The molecule has 0 aromatic heterocycles. The monoisotopic (exact) mass is 265 g/mol. The van der Waals surface area contributed by atoms with Crippen LogP contribution in [-0.2, 0) is 0 Å². The molecule has 0 unspecified atom stereocenters. The van der Waals surface area contributed by atoms with Gasteiger partial charge >= 0.3 is 0 Å². The lowest BCUT2D eigenvalue weighted by atomic mass is 9.91. The zero-order valence-electron chi connectivity index (χ0n) is 10.1. The van der Waals surface area contributed by atoms with E-state index in [2.05, 4.69) is 5.32 Å². The molecular formula is C14H16ClNO2. The van der Waals surface area contributed by atoms with E-state index in [4.69, 9.17) is 11.6 Å². The standard InChI is InChI=1S/C14H16ClNO2/c15-9-5-1-2-8-12-13(17)10-6-3-4-7-11(10)14(18)16-12/h3-4,6-7,12H,1-2,5,8-9H2,(H,16,18)/t12-/m0/s1. The maximum atomic E-state index is 12.2. The molecule has 3 nitrogen and oxygen atoms in total. The maximum absolute atomic E-state index is 12.2. The fourth-order valence-corrected chi connectivity index (χ4v) is 2.40. The summed E-state index contributed by atoms with van der Waals surface area (Å²) in [4.78, 5) is 24.0. The van der Waals surface area contributed by atoms with Crippen LogP contribution in [0.25, 0.3) is 0 Å². The molecule has 1 aromatic rings. The number of hydrogen-bond acceptors (Lipinski definition) is 2. The van der Waals surface area contributed by atoms with Crippen molar-refractivity contribution in [3.63, 3.8) is 0 Å². The third kappa shape index (κ3) is 2.72. The van der Waals surface area contributed by atoms with Crippen molar-refractivity contribution in [2.45, 2.75) is 31.7 Å². The molecule has 1 N–H and O–H groups in total. The zero-order chi connectivity index (χ0) is 13.0. The van der Waals surface area contributed by atoms with Crippen molar-refractivity contribution >= 4 is 23.3 Å². The lowest BCUT2D eigenvalue weighted by molar-refractivity contribution is 0.0822. The molecule has 2 rings (SSSR count). The van der Waals surface area contributed by atoms with Gasteiger partial charge in [0.05, 0.1) is 11.6 Å². The van der Waals surface area contributed by atoms with Crippen LogP contribution in [0.5, 0.6) is 0 Å². The van der Waals surface area contributed by atoms with E-state index in [0.717, 1.165) is 19.3 Å². The fraction of sp³-hybridized carbons (Fsp3) is 0.429. The fourth-order valence-electron chi connectivity index (χ4n) is 2.21. The van der Waals surface area contributed by atoms with Crippen molar-refractivity contribution in [1.82, 2.24) is 5.32 Å². The number of fused-ring (bicyclic) bond motifs is 1. The molecule has 1 aromatic carbocycles. The van der Waals surface area contributed by atoms with E-state index < -0.39 is 0 Å². The van der Waals surface area contributed by atoms with Crippen LogP contribution in [0, 0.1) is 0 Å². The number of Topliss-reactive ketones (excluding diaryl/α,β-unsaturated/α-hetero) is 1. The summed E-state index contributed by atoms with van der Waals surface area (Å²) in [6.07, 6.45) is 3.54. The van der Waals surface area contributed by atoms with Gasteiger partial charge in [-0.2, -0.15) is 0 Å². The number of rotatable bonds is 5. The minimum absolute atomic E-state index is 0.0241. The first kappa shape index (κ1) is 13.1. The molecule has 18 heavy (non-hydrogen) atoms. The Hall–Kier alpha value is -1.35. The summed E-state index contributed by atoms with van der Waals surface area (Å²) < 4.78 is 0. The molecule has 1 atom stereocenters. The average Bonchev–Trinajstić information content (AvgIpc) is 2.40. The van der Waals surface area contributed by atoms with Gasteiger partial charge in [0.15, 0.2) is 5.78 Å². The van der Waals surface area contributed by atoms with Crippen molar-refractivity contribution in [3.05, 3.63) is 35.4 Å². The number of amides is 1. The van der Waals surface area contributed by atoms with Crippen molar-refractivity contribution < 1.29 is 9.59 Å². The van der Waals surface area contributed by atoms with E-state index in [1.54, 1.807) is 24.3 Å². The summed E-state index contributed by atoms with van der Waals surface area (Å²) in [5.41, 5.74) is 1.03. The van der Waals surface area contributed by atoms with Gasteiger partial charge in [-0.15, -0.1) is 11.6 Å². The number of carbonyl (C=O) groups is 2. The molecule has 0 saturated heterocycles. The third-order valence-corrected chi connectivity index (χ3v) is 3.45. The van der Waals surface area contributed by atoms with Gasteiger partial charge in [-0.25, -0.2) is 0 Å². The number of unbranched alkanes of at least 4 members (excludes halogenated alkanes) is 2. The van der Waals surface area contributed by atoms with E-state index in [0.29, 0.717) is 23.4 Å². The van der Waals surface area contributed by atoms with Crippen molar-refractivity contribution in [1.29, 1.82) is 0 Å². The van der Waals surface area contributed by atoms with Gasteiger partial charge in [0, 0.05) is 11.4 Å². The number of nitrogens with one attached hydrogen (secondary N) is 1. The van der Waals surface area contributed by atoms with E-state index >= 15 is 0 Å². The highest BCUT2D eigenvalue weighted by atomic mass is 35.5. The molecule has 0 spiro atoms. The summed E-state index contributed by atoms with van der Waals surface area (Å²) in [6, 6.07) is 6.60. The first-order valence-corrected chi connectivity index (χ1v) is 6.77. The van der Waals surface area contributed by atoms with Gasteiger partial charge < -0.3 is 5.32 Å². The number of ketones is 1. The predicted molar refractivity (Wildman–Crippen MR) is 71.2 cm³/mol. The van der Waals surface area contributed by atoms with Crippen LogP contribution in [0.1, 0.15) is 46.4 Å². The Morgan fingerprint density at radius 3 is 2.50 bits per heavy atom. The SMILES string of the molecule is O=C1N[C@@H](CCCCCCl)C(=O)c2ccccc21. The normalized spacial score (nSPS) is 18.4. The molecule has 4 heteroatoms. The van der Waals surface area contributed by atoms with Gasteiger partial charge in [0.2, 0.25) is 0 Å². The summed E-state index contributed by atoms with van der Waals surface area (Å²) in [5, 5.41) is 2.78. The van der Waals surface area contributed by atoms with Crippen LogP contribution < -0.4 is 5.32 Å². The summed E-state index contributed by atoms with van der Waals surface area (Å²) >= 11 is 5.61. The zero-order valence-corrected chi connectivity index (χ0v) is 10.9. The van der Waals surface area contributed by atoms with Crippen LogP contribution in [-0.4, -0.2) is 23.6 Å². The molecule has 1 heterocycles. The molecule has 1 aliphatic rings. The molecule has 1 amide bonds. The second-order valence-corrected chi connectivity index (χ2v) is 4.85. The number of carbonyl (C=O) groups excluding carboxylic acids is 2. The van der Waals surface area contributed by atoms with Gasteiger partial charge in [-0.1, -0.05) is 31.0 Å². The smallest absolute Gasteiger partial charge is 0.252 e. The van der Waals surface area contributed by atoms with Crippen LogP contribution in [0.4, 0.5) is 0 Å². The second-order valence-electron chi connectivity index (χ2n) is 4.47. The van der Waals surface area contributed by atoms with Crippen molar-refractivity contribution in [3.8, 4) is 0 Å². The Morgan fingerprint density at radius 1 is 1.06 bits per heavy atom. The first-order chi connectivity index (χ1) is 8.74. The Balaban J connectivity index is 2.04. The Kier molecular flexibility index (Phi) is 4.37. The lowest BCUT2D eigenvalue weighted by Crippen LogP contribution is -2.46. The molecule has 0 radical (unpaired) electrons. The molecule has 0 fully saturated rings. The number of benzene rings is 1. The number of hydrogen-bond donors (Lipinski definition) is 1. The molecule has 96 valence electrons. The van der Waals surface area contributed by atoms with Gasteiger partial charge in [0.25, 0.3) is 5.91 Å². The maximum Gasteiger partial charge on any atom is 0.252 e. The Labute approximate surface area is 112 Å². The highest BCUT2D eigenvalue weighted by Crippen LogP contribution is 2.19. The molecular weight excluding hydrogens is 250 g/mol. The van der Waals surface area contributed by atoms with E-state index in [-0.39, 0.29) is 17.7 Å². The van der Waals surface area contributed by atoms with Crippen molar-refractivity contribution in [2.75, 3.05) is 5.88 Å². The highest BCUT2D eigenvalue weighted by molar-refractivity contribution is 6.17. The van der Waals surface area contributed by atoms with Gasteiger partial charge in [0.1, 0.15) is 0 Å². The van der Waals surface area contributed by atoms with Crippen molar-refractivity contribution in [2.24, 2.45) is 0 Å². The van der Waals surface area contributed by atoms with E-state index in [9.17, 15) is 9.59 Å². The largest absolute Gasteiger partial charge is 0.342 e. The Bertz CT molecular complexity index is 459. The molecule has 0 aliphatic carbocycles. The molecule has 0 bridgehead atoms. The van der Waals surface area contributed by atoms with Crippen LogP contribution in [0.3, 0.4) is 0 Å². The van der Waals surface area contributed by atoms with E-state index in [1.807, 2.05) is 0 Å². The number of alkyl halides is 1. The average molecular weight is 266 g/mol. The van der Waals surface area contributed by atoms with Crippen LogP contribution in [0.2, 0.25) is 0 Å². The van der Waals surface area contributed by atoms with E-state index in [1.165, 1.54) is 0 Å². The van der Waals surface area contributed by atoms with Gasteiger partial charge in [-0.3, -0.25) is 9.59 Å². The van der Waals surface area contributed by atoms with Crippen LogP contribution >= 0.6 is 11.6 Å². The number of halogens is 1. The third-order valence-electron chi connectivity index (χ3n) is 3.19. The van der Waals surface area contributed by atoms with Gasteiger partial charge in [-0.05, 0) is 18.9 Å². The summed E-state index contributed by atoms with van der Waals surface area (Å²) in [6.45, 7) is 0. The summed E-state index contributed by atoms with van der Waals surface area (Å²) in [7, 11) is 0. The molecule has 1 aliphatic heterocycles. The summed E-state index contributed by atoms with van der Waals surface area (Å²) in [5.74, 6) is 0.525. The minimum atomic E-state index is -0.372.